The van der Waals surface area contributed by atoms with Crippen molar-refractivity contribution in [2.45, 2.75) is 6.92 Å². The Morgan fingerprint density at radius 2 is 1.81 bits per heavy atom. The van der Waals surface area contributed by atoms with E-state index in [0.29, 0.717) is 40.0 Å². The molecule has 0 amide bonds. The van der Waals surface area contributed by atoms with Crippen molar-refractivity contribution in [1.82, 2.24) is 0 Å². The van der Waals surface area contributed by atoms with Crippen molar-refractivity contribution in [2.75, 3.05) is 6.61 Å². The second kappa shape index (κ2) is 7.21. The fourth-order valence-corrected chi connectivity index (χ4v) is 3.68. The molecule has 4 aromatic rings. The Bertz CT molecular complexity index is 1160. The van der Waals surface area contributed by atoms with Crippen LogP contribution in [-0.4, -0.2) is 12.6 Å². The van der Waals surface area contributed by atoms with E-state index in [0.717, 1.165) is 4.88 Å². The quantitative estimate of drug-likeness (QED) is 0.450. The molecule has 0 aliphatic rings. The highest BCUT2D eigenvalue weighted by atomic mass is 32.1. The van der Waals surface area contributed by atoms with Gasteiger partial charge in [0, 0.05) is 0 Å². The van der Waals surface area contributed by atoms with Gasteiger partial charge in [0.15, 0.2) is 5.76 Å². The molecule has 2 aromatic heterocycles. The maximum atomic E-state index is 13.2. The van der Waals surface area contributed by atoms with Crippen molar-refractivity contribution in [2.24, 2.45) is 0 Å². The Balaban J connectivity index is 1.92. The van der Waals surface area contributed by atoms with E-state index in [4.69, 9.17) is 9.15 Å². The molecule has 0 bridgehead atoms. The summed E-state index contributed by atoms with van der Waals surface area (Å²) in [6.45, 7) is 2.08. The first-order chi connectivity index (χ1) is 13.2. The van der Waals surface area contributed by atoms with Crippen molar-refractivity contribution in [3.8, 4) is 21.8 Å². The number of para-hydroxylation sites is 1. The van der Waals surface area contributed by atoms with Gasteiger partial charge in [-0.25, -0.2) is 4.79 Å². The van der Waals surface area contributed by atoms with Gasteiger partial charge in [-0.2, -0.15) is 0 Å². The Morgan fingerprint density at radius 1 is 1.04 bits per heavy atom. The average molecular weight is 376 g/mol. The minimum Gasteiger partial charge on any atom is -0.462 e. The van der Waals surface area contributed by atoms with Gasteiger partial charge >= 0.3 is 5.97 Å². The van der Waals surface area contributed by atoms with Crippen molar-refractivity contribution in [3.63, 3.8) is 0 Å². The molecular weight excluding hydrogens is 360 g/mol. The summed E-state index contributed by atoms with van der Waals surface area (Å²) in [5, 5.41) is 2.47. The molecule has 27 heavy (non-hydrogen) atoms. The lowest BCUT2D eigenvalue weighted by molar-refractivity contribution is 0.0526. The summed E-state index contributed by atoms with van der Waals surface area (Å²) in [6.07, 6.45) is 0. The Labute approximate surface area is 159 Å². The minimum atomic E-state index is -0.381. The Kier molecular flexibility index (Phi) is 4.60. The van der Waals surface area contributed by atoms with Gasteiger partial charge in [0.2, 0.25) is 5.43 Å². The third-order valence-corrected chi connectivity index (χ3v) is 5.10. The van der Waals surface area contributed by atoms with E-state index in [2.05, 4.69) is 0 Å². The minimum absolute atomic E-state index is 0.0934. The summed E-state index contributed by atoms with van der Waals surface area (Å²) in [4.78, 5) is 26.0. The number of esters is 1. The predicted molar refractivity (Wildman–Crippen MR) is 107 cm³/mol. The van der Waals surface area contributed by atoms with E-state index in [9.17, 15) is 9.59 Å². The van der Waals surface area contributed by atoms with Crippen LogP contribution in [0, 0.1) is 0 Å². The van der Waals surface area contributed by atoms with E-state index in [1.807, 2.05) is 29.6 Å². The highest BCUT2D eigenvalue weighted by Gasteiger charge is 2.19. The number of hydrogen-bond acceptors (Lipinski definition) is 5. The lowest BCUT2D eigenvalue weighted by Gasteiger charge is -2.10. The van der Waals surface area contributed by atoms with Crippen LogP contribution in [0.4, 0.5) is 0 Å². The molecule has 0 unspecified atom stereocenters. The zero-order chi connectivity index (χ0) is 18.8. The number of fused-ring (bicyclic) bond motifs is 1. The maximum Gasteiger partial charge on any atom is 0.338 e. The molecule has 134 valence electrons. The van der Waals surface area contributed by atoms with Gasteiger partial charge in [0.1, 0.15) is 5.58 Å². The van der Waals surface area contributed by atoms with Crippen molar-refractivity contribution in [3.05, 3.63) is 81.8 Å². The van der Waals surface area contributed by atoms with Crippen molar-refractivity contribution < 1.29 is 13.9 Å². The lowest BCUT2D eigenvalue weighted by Crippen LogP contribution is -2.08. The van der Waals surface area contributed by atoms with Crippen LogP contribution in [0.1, 0.15) is 17.3 Å². The topological polar surface area (TPSA) is 56.5 Å². The summed E-state index contributed by atoms with van der Waals surface area (Å²) < 4.78 is 11.1. The number of thiophene rings is 1. The zero-order valence-electron chi connectivity index (χ0n) is 14.6. The fourth-order valence-electron chi connectivity index (χ4n) is 2.97. The SMILES string of the molecule is CCOC(=O)c1ccc(-c2c(-c3cccs3)oc3ccccc3c2=O)cc1. The van der Waals surface area contributed by atoms with E-state index >= 15 is 0 Å². The summed E-state index contributed by atoms with van der Waals surface area (Å²) in [6, 6.07) is 17.9. The van der Waals surface area contributed by atoms with Gasteiger partial charge in [-0.1, -0.05) is 30.3 Å². The maximum absolute atomic E-state index is 13.2. The van der Waals surface area contributed by atoms with E-state index in [1.165, 1.54) is 11.3 Å². The summed E-state index contributed by atoms with van der Waals surface area (Å²) in [5.41, 5.74) is 2.10. The number of carbonyl (C=O) groups is 1. The van der Waals surface area contributed by atoms with E-state index < -0.39 is 0 Å². The molecule has 0 fully saturated rings. The number of benzene rings is 2. The normalized spacial score (nSPS) is 10.9. The summed E-state index contributed by atoms with van der Waals surface area (Å²) in [5.74, 6) is 0.158. The van der Waals surface area contributed by atoms with Gasteiger partial charge < -0.3 is 9.15 Å². The number of carbonyl (C=O) groups excluding carboxylic acids is 1. The molecule has 0 radical (unpaired) electrons. The van der Waals surface area contributed by atoms with Crippen molar-refractivity contribution in [1.29, 1.82) is 0 Å². The van der Waals surface area contributed by atoms with Crippen LogP contribution < -0.4 is 5.43 Å². The number of rotatable bonds is 4. The molecule has 0 aliphatic heterocycles. The average Bonchev–Trinajstić information content (AvgIpc) is 3.23. The molecule has 2 heterocycles. The molecular formula is C22H16O4S. The molecule has 0 atom stereocenters. The standard InChI is InChI=1S/C22H16O4S/c1-2-25-22(24)15-11-9-14(10-12-15)19-20(23)16-6-3-4-7-17(16)26-21(19)18-8-5-13-27-18/h3-13H,2H2,1H3. The van der Waals surface area contributed by atoms with Crippen LogP contribution in [0.5, 0.6) is 0 Å². The summed E-state index contributed by atoms with van der Waals surface area (Å²) >= 11 is 1.51. The van der Waals surface area contributed by atoms with Crippen LogP contribution in [-0.2, 0) is 4.74 Å². The molecule has 4 nitrogen and oxygen atoms in total. The Morgan fingerprint density at radius 3 is 2.52 bits per heavy atom. The second-order valence-corrected chi connectivity index (χ2v) is 6.85. The first kappa shape index (κ1) is 17.2. The molecule has 0 N–H and O–H groups in total. The van der Waals surface area contributed by atoms with Crippen LogP contribution >= 0.6 is 11.3 Å². The third kappa shape index (κ3) is 3.17. The first-order valence-electron chi connectivity index (χ1n) is 8.56. The van der Waals surface area contributed by atoms with Crippen LogP contribution in [0.2, 0.25) is 0 Å². The number of hydrogen-bond donors (Lipinski definition) is 0. The first-order valence-corrected chi connectivity index (χ1v) is 9.44. The molecule has 0 spiro atoms. The molecule has 2 aromatic carbocycles. The highest BCUT2D eigenvalue weighted by molar-refractivity contribution is 7.13. The second-order valence-electron chi connectivity index (χ2n) is 5.91. The predicted octanol–water partition coefficient (Wildman–Crippen LogP) is 5.37. The third-order valence-electron chi connectivity index (χ3n) is 4.23. The van der Waals surface area contributed by atoms with Gasteiger partial charge in [0.25, 0.3) is 0 Å². The smallest absolute Gasteiger partial charge is 0.338 e. The largest absolute Gasteiger partial charge is 0.462 e. The highest BCUT2D eigenvalue weighted by Crippen LogP contribution is 2.35. The lowest BCUT2D eigenvalue weighted by atomic mass is 10.00. The summed E-state index contributed by atoms with van der Waals surface area (Å²) in [7, 11) is 0. The molecule has 0 saturated heterocycles. The van der Waals surface area contributed by atoms with E-state index in [-0.39, 0.29) is 11.4 Å². The Hall–Kier alpha value is -3.18. The van der Waals surface area contributed by atoms with Crippen LogP contribution in [0.25, 0.3) is 32.7 Å². The molecule has 0 aliphatic carbocycles. The fraction of sp³-hybridized carbons (Fsp3) is 0.0909. The molecule has 0 saturated carbocycles. The van der Waals surface area contributed by atoms with Crippen LogP contribution in [0.3, 0.4) is 0 Å². The van der Waals surface area contributed by atoms with Gasteiger partial charge in [0.05, 0.1) is 28.0 Å². The van der Waals surface area contributed by atoms with Gasteiger partial charge in [-0.05, 0) is 48.2 Å². The van der Waals surface area contributed by atoms with Crippen molar-refractivity contribution >= 4 is 28.3 Å². The zero-order valence-corrected chi connectivity index (χ0v) is 15.4. The van der Waals surface area contributed by atoms with Gasteiger partial charge in [-0.3, -0.25) is 4.79 Å². The molecule has 5 heteroatoms. The number of ether oxygens (including phenoxy) is 1. The van der Waals surface area contributed by atoms with Gasteiger partial charge in [-0.15, -0.1) is 11.3 Å². The monoisotopic (exact) mass is 376 g/mol. The van der Waals surface area contributed by atoms with E-state index in [1.54, 1.807) is 43.3 Å². The van der Waals surface area contributed by atoms with Crippen LogP contribution in [0.15, 0.2) is 75.3 Å². The molecule has 4 rings (SSSR count).